The van der Waals surface area contributed by atoms with Crippen LogP contribution in [-0.2, 0) is 0 Å². The third-order valence-electron chi connectivity index (χ3n) is 1.55. The standard InChI is InChI=1S/C9H7N3O2/c13-9(7-2-1-3-11-7)14-8-6-10-4-5-12-8/h1-6,11H. The number of rotatable bonds is 2. The van der Waals surface area contributed by atoms with Crippen molar-refractivity contribution in [2.45, 2.75) is 0 Å². The van der Waals surface area contributed by atoms with Crippen molar-refractivity contribution in [2.75, 3.05) is 0 Å². The van der Waals surface area contributed by atoms with Crippen molar-refractivity contribution in [3.8, 4) is 5.88 Å². The lowest BCUT2D eigenvalue weighted by Crippen LogP contribution is -2.09. The molecule has 2 heterocycles. The highest BCUT2D eigenvalue weighted by Gasteiger charge is 2.08. The fourth-order valence-electron chi connectivity index (χ4n) is 0.945. The van der Waals surface area contributed by atoms with Gasteiger partial charge >= 0.3 is 5.97 Å². The van der Waals surface area contributed by atoms with E-state index in [9.17, 15) is 4.79 Å². The molecule has 0 aliphatic carbocycles. The van der Waals surface area contributed by atoms with Crippen molar-refractivity contribution < 1.29 is 9.53 Å². The van der Waals surface area contributed by atoms with Crippen LogP contribution < -0.4 is 4.74 Å². The lowest BCUT2D eigenvalue weighted by atomic mass is 10.4. The summed E-state index contributed by atoms with van der Waals surface area (Å²) in [4.78, 5) is 21.7. The van der Waals surface area contributed by atoms with Crippen LogP contribution >= 0.6 is 0 Å². The molecule has 0 spiro atoms. The zero-order chi connectivity index (χ0) is 9.80. The van der Waals surface area contributed by atoms with Crippen molar-refractivity contribution in [3.05, 3.63) is 42.6 Å². The fraction of sp³-hybridized carbons (Fsp3) is 0. The highest BCUT2D eigenvalue weighted by Crippen LogP contribution is 2.04. The molecule has 0 unspecified atom stereocenters. The van der Waals surface area contributed by atoms with E-state index < -0.39 is 5.97 Å². The summed E-state index contributed by atoms with van der Waals surface area (Å²) in [5.41, 5.74) is 0.385. The van der Waals surface area contributed by atoms with Crippen molar-refractivity contribution >= 4 is 5.97 Å². The van der Waals surface area contributed by atoms with Gasteiger partial charge in [-0.3, -0.25) is 4.98 Å². The second-order valence-electron chi connectivity index (χ2n) is 2.52. The van der Waals surface area contributed by atoms with E-state index in [2.05, 4.69) is 15.0 Å². The van der Waals surface area contributed by atoms with Gasteiger partial charge in [-0.15, -0.1) is 0 Å². The largest absolute Gasteiger partial charge is 0.401 e. The van der Waals surface area contributed by atoms with E-state index >= 15 is 0 Å². The number of aromatic nitrogens is 3. The van der Waals surface area contributed by atoms with Crippen molar-refractivity contribution in [3.63, 3.8) is 0 Å². The smallest absolute Gasteiger partial charge is 0.361 e. The monoisotopic (exact) mass is 189 g/mol. The third-order valence-corrected chi connectivity index (χ3v) is 1.55. The Morgan fingerprint density at radius 1 is 1.43 bits per heavy atom. The Morgan fingerprint density at radius 2 is 2.36 bits per heavy atom. The molecule has 70 valence electrons. The van der Waals surface area contributed by atoms with Crippen LogP contribution in [0.4, 0.5) is 0 Å². The summed E-state index contributed by atoms with van der Waals surface area (Å²) in [6.07, 6.45) is 5.98. The summed E-state index contributed by atoms with van der Waals surface area (Å²) in [6, 6.07) is 3.34. The number of ether oxygens (including phenoxy) is 1. The number of hydrogen-bond donors (Lipinski definition) is 1. The maximum absolute atomic E-state index is 11.4. The number of H-pyrrole nitrogens is 1. The zero-order valence-corrected chi connectivity index (χ0v) is 7.18. The molecule has 5 nitrogen and oxygen atoms in total. The molecule has 0 aliphatic rings. The quantitative estimate of drug-likeness (QED) is 0.716. The van der Waals surface area contributed by atoms with Gasteiger partial charge in [-0.1, -0.05) is 0 Å². The molecule has 0 atom stereocenters. The molecule has 0 bridgehead atoms. The van der Waals surface area contributed by atoms with Crippen LogP contribution in [0.2, 0.25) is 0 Å². The van der Waals surface area contributed by atoms with E-state index in [4.69, 9.17) is 4.74 Å². The van der Waals surface area contributed by atoms with Crippen LogP contribution in [0.3, 0.4) is 0 Å². The second-order valence-corrected chi connectivity index (χ2v) is 2.52. The summed E-state index contributed by atoms with van der Waals surface area (Å²) >= 11 is 0. The van der Waals surface area contributed by atoms with Crippen LogP contribution in [0.15, 0.2) is 36.9 Å². The number of carbonyl (C=O) groups excluding carboxylic acids is 1. The number of nitrogens with one attached hydrogen (secondary N) is 1. The summed E-state index contributed by atoms with van der Waals surface area (Å²) < 4.78 is 4.91. The van der Waals surface area contributed by atoms with Gasteiger partial charge in [0.2, 0.25) is 5.88 Å². The lowest BCUT2D eigenvalue weighted by molar-refractivity contribution is 0.0721. The molecule has 0 radical (unpaired) electrons. The molecule has 0 fully saturated rings. The Balaban J connectivity index is 2.10. The maximum Gasteiger partial charge on any atom is 0.361 e. The second kappa shape index (κ2) is 3.69. The van der Waals surface area contributed by atoms with Crippen LogP contribution in [0.1, 0.15) is 10.5 Å². The molecule has 2 aromatic heterocycles. The van der Waals surface area contributed by atoms with Gasteiger partial charge in [-0.05, 0) is 12.1 Å². The highest BCUT2D eigenvalue weighted by molar-refractivity contribution is 5.88. The van der Waals surface area contributed by atoms with E-state index in [1.165, 1.54) is 18.6 Å². The number of aromatic amines is 1. The minimum atomic E-state index is -0.476. The normalized spacial score (nSPS) is 9.71. The maximum atomic E-state index is 11.4. The third kappa shape index (κ3) is 1.77. The van der Waals surface area contributed by atoms with Gasteiger partial charge < -0.3 is 9.72 Å². The van der Waals surface area contributed by atoms with E-state index in [1.54, 1.807) is 18.3 Å². The Hall–Kier alpha value is -2.17. The molecular weight excluding hydrogens is 182 g/mol. The molecule has 0 aliphatic heterocycles. The molecule has 2 rings (SSSR count). The fourth-order valence-corrected chi connectivity index (χ4v) is 0.945. The van der Waals surface area contributed by atoms with E-state index in [1.807, 2.05) is 0 Å². The first-order chi connectivity index (χ1) is 6.86. The van der Waals surface area contributed by atoms with Crippen LogP contribution in [0.5, 0.6) is 5.88 Å². The summed E-state index contributed by atoms with van der Waals surface area (Å²) in [6.45, 7) is 0. The Labute approximate surface area is 79.8 Å². The van der Waals surface area contributed by atoms with E-state index in [0.29, 0.717) is 5.69 Å². The number of nitrogens with zero attached hydrogens (tertiary/aromatic N) is 2. The molecule has 2 aromatic rings. The van der Waals surface area contributed by atoms with Crippen LogP contribution in [0.25, 0.3) is 0 Å². The van der Waals surface area contributed by atoms with Gasteiger partial charge in [-0.2, -0.15) is 0 Å². The van der Waals surface area contributed by atoms with Crippen molar-refractivity contribution in [2.24, 2.45) is 0 Å². The molecule has 0 aromatic carbocycles. The summed E-state index contributed by atoms with van der Waals surface area (Å²) in [5, 5.41) is 0. The number of esters is 1. The number of hydrogen-bond acceptors (Lipinski definition) is 4. The van der Waals surface area contributed by atoms with Gasteiger partial charge in [0.1, 0.15) is 5.69 Å². The Kier molecular flexibility index (Phi) is 2.22. The van der Waals surface area contributed by atoms with Gasteiger partial charge in [-0.25, -0.2) is 9.78 Å². The summed E-state index contributed by atoms with van der Waals surface area (Å²) in [5.74, 6) is -0.289. The molecule has 1 N–H and O–H groups in total. The van der Waals surface area contributed by atoms with E-state index in [0.717, 1.165) is 0 Å². The SMILES string of the molecule is O=C(Oc1cnccn1)c1ccc[nH]1. The molecule has 0 amide bonds. The zero-order valence-electron chi connectivity index (χ0n) is 7.18. The predicted molar refractivity (Wildman–Crippen MR) is 47.8 cm³/mol. The highest BCUT2D eigenvalue weighted by atomic mass is 16.5. The first-order valence-electron chi connectivity index (χ1n) is 3.98. The first-order valence-corrected chi connectivity index (χ1v) is 3.98. The topological polar surface area (TPSA) is 67.9 Å². The molecular formula is C9H7N3O2. The average Bonchev–Trinajstić information content (AvgIpc) is 2.72. The van der Waals surface area contributed by atoms with Gasteiger partial charge in [0.25, 0.3) is 0 Å². The minimum absolute atomic E-state index is 0.187. The molecule has 0 saturated carbocycles. The van der Waals surface area contributed by atoms with Gasteiger partial charge in [0.05, 0.1) is 6.20 Å². The van der Waals surface area contributed by atoms with Crippen molar-refractivity contribution in [1.82, 2.24) is 15.0 Å². The van der Waals surface area contributed by atoms with Crippen molar-refractivity contribution in [1.29, 1.82) is 0 Å². The summed E-state index contributed by atoms with van der Waals surface area (Å²) in [7, 11) is 0. The van der Waals surface area contributed by atoms with Gasteiger partial charge in [0.15, 0.2) is 0 Å². The first kappa shape index (κ1) is 8.43. The lowest BCUT2D eigenvalue weighted by Gasteiger charge is -1.99. The van der Waals surface area contributed by atoms with Crippen LogP contribution in [0, 0.1) is 0 Å². The predicted octanol–water partition coefficient (Wildman–Crippen LogP) is 1.02. The van der Waals surface area contributed by atoms with Gasteiger partial charge in [0, 0.05) is 18.6 Å². The molecule has 0 saturated heterocycles. The van der Waals surface area contributed by atoms with Crippen LogP contribution in [-0.4, -0.2) is 20.9 Å². The molecule has 14 heavy (non-hydrogen) atoms. The average molecular weight is 189 g/mol. The Bertz CT molecular complexity index is 411. The minimum Gasteiger partial charge on any atom is -0.401 e. The molecule has 5 heteroatoms. The Morgan fingerprint density at radius 3 is 3.00 bits per heavy atom. The van der Waals surface area contributed by atoms with E-state index in [-0.39, 0.29) is 5.88 Å². The number of carbonyl (C=O) groups is 1.